The molecule has 0 aromatic heterocycles. The molecule has 102 valence electrons. The van der Waals surface area contributed by atoms with Crippen molar-refractivity contribution in [2.45, 2.75) is 4.90 Å². The Morgan fingerprint density at radius 2 is 1.80 bits per heavy atom. The summed E-state index contributed by atoms with van der Waals surface area (Å²) in [6.07, 6.45) is 3.44. The van der Waals surface area contributed by atoms with Crippen LogP contribution in [0.15, 0.2) is 53.4 Å². The molecule has 0 amide bonds. The Morgan fingerprint density at radius 1 is 1.15 bits per heavy atom. The smallest absolute Gasteiger partial charge is 0.336 e. The van der Waals surface area contributed by atoms with E-state index in [1.807, 2.05) is 30.5 Å². The van der Waals surface area contributed by atoms with Crippen LogP contribution in [0.5, 0.6) is 0 Å². The fourth-order valence-electron chi connectivity index (χ4n) is 1.80. The highest BCUT2D eigenvalue weighted by molar-refractivity contribution is 7.98. The van der Waals surface area contributed by atoms with E-state index in [9.17, 15) is 14.3 Å². The highest BCUT2D eigenvalue weighted by Gasteiger charge is 2.14. The van der Waals surface area contributed by atoms with Gasteiger partial charge >= 0.3 is 5.97 Å². The molecular formula is C16H13FO2S. The molecule has 0 aliphatic rings. The van der Waals surface area contributed by atoms with Gasteiger partial charge in [0.15, 0.2) is 0 Å². The van der Waals surface area contributed by atoms with Crippen molar-refractivity contribution >= 4 is 29.4 Å². The molecule has 2 nitrogen and oxygen atoms in total. The van der Waals surface area contributed by atoms with E-state index in [2.05, 4.69) is 0 Å². The highest BCUT2D eigenvalue weighted by atomic mass is 32.2. The lowest BCUT2D eigenvalue weighted by atomic mass is 10.0. The number of halogens is 1. The summed E-state index contributed by atoms with van der Waals surface area (Å²) in [7, 11) is 0. The van der Waals surface area contributed by atoms with E-state index in [1.165, 1.54) is 24.3 Å². The topological polar surface area (TPSA) is 37.3 Å². The Hall–Kier alpha value is -2.07. The lowest BCUT2D eigenvalue weighted by Gasteiger charge is -2.05. The van der Waals surface area contributed by atoms with Gasteiger partial charge in [0.2, 0.25) is 0 Å². The van der Waals surface area contributed by atoms with Gasteiger partial charge in [-0.3, -0.25) is 0 Å². The lowest BCUT2D eigenvalue weighted by molar-refractivity contribution is -0.130. The summed E-state index contributed by atoms with van der Waals surface area (Å²) in [6.45, 7) is 0. The van der Waals surface area contributed by atoms with Crippen molar-refractivity contribution in [2.75, 3.05) is 6.26 Å². The summed E-state index contributed by atoms with van der Waals surface area (Å²) >= 11 is 1.60. The van der Waals surface area contributed by atoms with Crippen molar-refractivity contribution in [1.29, 1.82) is 0 Å². The zero-order chi connectivity index (χ0) is 14.5. The van der Waals surface area contributed by atoms with Gasteiger partial charge < -0.3 is 5.11 Å². The predicted molar refractivity (Wildman–Crippen MR) is 80.1 cm³/mol. The predicted octanol–water partition coefficient (Wildman–Crippen LogP) is 4.17. The quantitative estimate of drug-likeness (QED) is 0.521. The number of rotatable bonds is 4. The van der Waals surface area contributed by atoms with Crippen LogP contribution in [-0.2, 0) is 4.79 Å². The maximum absolute atomic E-state index is 13.7. The van der Waals surface area contributed by atoms with Crippen LogP contribution in [0, 0.1) is 5.82 Å². The summed E-state index contributed by atoms with van der Waals surface area (Å²) in [6, 6.07) is 13.3. The molecule has 0 bridgehead atoms. The Labute approximate surface area is 121 Å². The van der Waals surface area contributed by atoms with Gasteiger partial charge in [-0.25, -0.2) is 9.18 Å². The van der Waals surface area contributed by atoms with Gasteiger partial charge in [0.05, 0.1) is 5.57 Å². The zero-order valence-corrected chi connectivity index (χ0v) is 11.7. The fraction of sp³-hybridized carbons (Fsp3) is 0.0625. The van der Waals surface area contributed by atoms with E-state index in [0.717, 1.165) is 10.5 Å². The number of hydrogen-bond donors (Lipinski definition) is 1. The molecule has 2 aromatic carbocycles. The minimum atomic E-state index is -1.15. The molecule has 1 N–H and O–H groups in total. The molecule has 0 spiro atoms. The average Bonchev–Trinajstić information content (AvgIpc) is 2.46. The van der Waals surface area contributed by atoms with Crippen molar-refractivity contribution in [3.63, 3.8) is 0 Å². The molecular weight excluding hydrogens is 275 g/mol. The minimum Gasteiger partial charge on any atom is -0.478 e. The highest BCUT2D eigenvalue weighted by Crippen LogP contribution is 2.22. The van der Waals surface area contributed by atoms with E-state index in [-0.39, 0.29) is 11.1 Å². The van der Waals surface area contributed by atoms with Gasteiger partial charge in [-0.1, -0.05) is 30.3 Å². The minimum absolute atomic E-state index is 0.0556. The molecule has 0 unspecified atom stereocenters. The lowest BCUT2D eigenvalue weighted by Crippen LogP contribution is -2.01. The van der Waals surface area contributed by atoms with Crippen LogP contribution < -0.4 is 0 Å². The summed E-state index contributed by atoms with van der Waals surface area (Å²) in [5.41, 5.74) is 0.761. The van der Waals surface area contributed by atoms with E-state index in [1.54, 1.807) is 17.8 Å². The third-order valence-corrected chi connectivity index (χ3v) is 3.56. The summed E-state index contributed by atoms with van der Waals surface area (Å²) < 4.78 is 13.7. The van der Waals surface area contributed by atoms with Crippen molar-refractivity contribution in [3.8, 4) is 0 Å². The van der Waals surface area contributed by atoms with Crippen LogP contribution in [0.3, 0.4) is 0 Å². The number of carboxylic acids is 1. The van der Waals surface area contributed by atoms with E-state index >= 15 is 0 Å². The van der Waals surface area contributed by atoms with Crippen LogP contribution in [0.25, 0.3) is 11.6 Å². The molecule has 20 heavy (non-hydrogen) atoms. The molecule has 0 fully saturated rings. The van der Waals surface area contributed by atoms with Gasteiger partial charge in [-0.15, -0.1) is 11.8 Å². The van der Waals surface area contributed by atoms with E-state index < -0.39 is 11.8 Å². The number of carboxylic acid groups (broad SMARTS) is 1. The third kappa shape index (κ3) is 3.27. The largest absolute Gasteiger partial charge is 0.478 e. The van der Waals surface area contributed by atoms with Crippen LogP contribution in [0.4, 0.5) is 4.39 Å². The molecule has 2 rings (SSSR count). The molecule has 0 atom stereocenters. The first-order valence-electron chi connectivity index (χ1n) is 5.96. The van der Waals surface area contributed by atoms with Crippen LogP contribution >= 0.6 is 11.8 Å². The van der Waals surface area contributed by atoms with Crippen molar-refractivity contribution in [2.24, 2.45) is 0 Å². The monoisotopic (exact) mass is 288 g/mol. The Morgan fingerprint density at radius 3 is 2.35 bits per heavy atom. The normalized spacial score (nSPS) is 11.4. The summed E-state index contributed by atoms with van der Waals surface area (Å²) in [5.74, 6) is -1.69. The maximum Gasteiger partial charge on any atom is 0.336 e. The van der Waals surface area contributed by atoms with E-state index in [4.69, 9.17) is 0 Å². The number of benzene rings is 2. The number of hydrogen-bond acceptors (Lipinski definition) is 2. The number of thioether (sulfide) groups is 1. The Kier molecular flexibility index (Phi) is 4.58. The maximum atomic E-state index is 13.7. The number of carbonyl (C=O) groups is 1. The van der Waals surface area contributed by atoms with E-state index in [0.29, 0.717) is 0 Å². The van der Waals surface area contributed by atoms with Gasteiger partial charge in [-0.2, -0.15) is 0 Å². The van der Waals surface area contributed by atoms with Gasteiger partial charge in [-0.05, 0) is 36.1 Å². The second-order valence-electron chi connectivity index (χ2n) is 4.12. The first kappa shape index (κ1) is 14.3. The summed E-state index contributed by atoms with van der Waals surface area (Å²) in [4.78, 5) is 12.4. The van der Waals surface area contributed by atoms with Gasteiger partial charge in [0.25, 0.3) is 0 Å². The Bertz CT molecular complexity index is 648. The fourth-order valence-corrected chi connectivity index (χ4v) is 2.21. The Balaban J connectivity index is 2.45. The number of aliphatic carboxylic acids is 1. The van der Waals surface area contributed by atoms with Crippen molar-refractivity contribution in [3.05, 3.63) is 65.5 Å². The molecule has 0 saturated heterocycles. The molecule has 2 aromatic rings. The molecule has 0 radical (unpaired) electrons. The zero-order valence-electron chi connectivity index (χ0n) is 10.8. The second-order valence-corrected chi connectivity index (χ2v) is 5.00. The van der Waals surface area contributed by atoms with Crippen LogP contribution in [0.2, 0.25) is 0 Å². The first-order chi connectivity index (χ1) is 9.61. The third-order valence-electron chi connectivity index (χ3n) is 2.82. The molecule has 0 aliphatic heterocycles. The standard InChI is InChI=1S/C16H13FO2S/c1-20-12-8-6-11(7-9-12)10-14(16(18)19)13-4-2-3-5-15(13)17/h2-10H,1H3,(H,18,19)/b14-10-. The van der Waals surface area contributed by atoms with Crippen molar-refractivity contribution < 1.29 is 14.3 Å². The molecule has 0 heterocycles. The molecule has 4 heteroatoms. The van der Waals surface area contributed by atoms with Gasteiger partial charge in [0.1, 0.15) is 5.82 Å². The van der Waals surface area contributed by atoms with Crippen LogP contribution in [0.1, 0.15) is 11.1 Å². The summed E-state index contributed by atoms with van der Waals surface area (Å²) in [5, 5.41) is 9.27. The second kappa shape index (κ2) is 6.39. The van der Waals surface area contributed by atoms with Crippen LogP contribution in [-0.4, -0.2) is 17.3 Å². The first-order valence-corrected chi connectivity index (χ1v) is 7.18. The van der Waals surface area contributed by atoms with Gasteiger partial charge in [0, 0.05) is 10.5 Å². The van der Waals surface area contributed by atoms with Crippen molar-refractivity contribution in [1.82, 2.24) is 0 Å². The molecule has 0 saturated carbocycles. The molecule has 0 aliphatic carbocycles. The SMILES string of the molecule is CSc1ccc(/C=C(\C(=O)O)c2ccccc2F)cc1. The average molecular weight is 288 g/mol.